The number of nitrogens with two attached hydrogens (primary N) is 1. The molecule has 0 aliphatic heterocycles. The number of nitrogens with zero attached hydrogens (tertiary/aromatic N) is 3. The van der Waals surface area contributed by atoms with E-state index in [-0.39, 0.29) is 24.0 Å². The molecule has 0 saturated heterocycles. The fourth-order valence-corrected chi connectivity index (χ4v) is 1.59. The van der Waals surface area contributed by atoms with Crippen molar-refractivity contribution in [3.63, 3.8) is 0 Å². The zero-order valence-electron chi connectivity index (χ0n) is 10.9. The largest absolute Gasteiger partial charge is 0.478 e. The molecule has 1 amide bonds. The standard InChI is InChI=1S/C11H14N4O5/c1-6(2)14(5-9(12)16)10-8(15(19)20)3-7(4-13-10)11(17)18/h3-4,6H,5H2,1-2H3,(H2,12,16)(H,17,18). The van der Waals surface area contributed by atoms with E-state index in [4.69, 9.17) is 10.8 Å². The van der Waals surface area contributed by atoms with Crippen LogP contribution in [0.25, 0.3) is 0 Å². The summed E-state index contributed by atoms with van der Waals surface area (Å²) in [6, 6.07) is 0.630. The Morgan fingerprint density at radius 3 is 2.55 bits per heavy atom. The third-order valence-electron chi connectivity index (χ3n) is 2.51. The number of nitro groups is 1. The Labute approximate surface area is 114 Å². The Kier molecular flexibility index (Phi) is 4.57. The Bertz CT molecular complexity index is 558. The molecule has 0 aliphatic carbocycles. The van der Waals surface area contributed by atoms with E-state index in [0.29, 0.717) is 0 Å². The number of pyridine rings is 1. The maximum Gasteiger partial charge on any atom is 0.337 e. The number of carboxylic acid groups (broad SMARTS) is 1. The van der Waals surface area contributed by atoms with Gasteiger partial charge in [-0.25, -0.2) is 9.78 Å². The van der Waals surface area contributed by atoms with Crippen molar-refractivity contribution in [1.82, 2.24) is 4.98 Å². The fraction of sp³-hybridized carbons (Fsp3) is 0.364. The van der Waals surface area contributed by atoms with Gasteiger partial charge in [-0.05, 0) is 13.8 Å². The number of aromatic carboxylic acids is 1. The molecule has 1 aromatic rings. The second-order valence-electron chi connectivity index (χ2n) is 4.32. The number of hydrogen-bond acceptors (Lipinski definition) is 6. The quantitative estimate of drug-likeness (QED) is 0.568. The molecule has 3 N–H and O–H groups in total. The summed E-state index contributed by atoms with van der Waals surface area (Å²) >= 11 is 0. The molecule has 0 unspecified atom stereocenters. The molecular formula is C11H14N4O5. The average molecular weight is 282 g/mol. The van der Waals surface area contributed by atoms with E-state index in [0.717, 1.165) is 12.3 Å². The van der Waals surface area contributed by atoms with Gasteiger partial charge < -0.3 is 15.7 Å². The van der Waals surface area contributed by atoms with Crippen LogP contribution in [0.15, 0.2) is 12.3 Å². The van der Waals surface area contributed by atoms with E-state index in [1.165, 1.54) is 4.90 Å². The van der Waals surface area contributed by atoms with Gasteiger partial charge in [0.2, 0.25) is 11.7 Å². The van der Waals surface area contributed by atoms with E-state index < -0.39 is 22.5 Å². The predicted octanol–water partition coefficient (Wildman–Crippen LogP) is 0.388. The molecule has 0 bridgehead atoms. The minimum absolute atomic E-state index is 0.0891. The number of rotatable bonds is 6. The van der Waals surface area contributed by atoms with Crippen LogP contribution in [0.2, 0.25) is 0 Å². The average Bonchev–Trinajstić information content (AvgIpc) is 2.34. The first-order valence-electron chi connectivity index (χ1n) is 5.66. The second kappa shape index (κ2) is 5.95. The fourth-order valence-electron chi connectivity index (χ4n) is 1.59. The van der Waals surface area contributed by atoms with Crippen LogP contribution in [-0.4, -0.2) is 39.5 Å². The zero-order chi connectivity index (χ0) is 15.4. The van der Waals surface area contributed by atoms with Crippen molar-refractivity contribution in [3.8, 4) is 0 Å². The summed E-state index contributed by atoms with van der Waals surface area (Å²) in [6.45, 7) is 3.16. The summed E-state index contributed by atoms with van der Waals surface area (Å²) in [5.74, 6) is -2.08. The molecule has 0 saturated carbocycles. The maximum absolute atomic E-state index is 11.0. The Hall–Kier alpha value is -2.71. The highest BCUT2D eigenvalue weighted by Crippen LogP contribution is 2.27. The highest BCUT2D eigenvalue weighted by Gasteiger charge is 2.26. The number of primary amides is 1. The number of anilines is 1. The lowest BCUT2D eigenvalue weighted by molar-refractivity contribution is -0.384. The molecule has 0 aromatic carbocycles. The van der Waals surface area contributed by atoms with Gasteiger partial charge in [0.05, 0.1) is 17.0 Å². The van der Waals surface area contributed by atoms with Gasteiger partial charge in [0, 0.05) is 18.3 Å². The Morgan fingerprint density at radius 2 is 2.15 bits per heavy atom. The molecule has 1 rings (SSSR count). The zero-order valence-corrected chi connectivity index (χ0v) is 10.9. The highest BCUT2D eigenvalue weighted by atomic mass is 16.6. The minimum atomic E-state index is -1.32. The molecule has 0 radical (unpaired) electrons. The number of amides is 1. The van der Waals surface area contributed by atoms with Gasteiger partial charge in [-0.2, -0.15) is 0 Å². The van der Waals surface area contributed by atoms with E-state index in [2.05, 4.69) is 4.98 Å². The van der Waals surface area contributed by atoms with Gasteiger partial charge in [-0.15, -0.1) is 0 Å². The van der Waals surface area contributed by atoms with Crippen molar-refractivity contribution in [3.05, 3.63) is 27.9 Å². The number of aromatic nitrogens is 1. The van der Waals surface area contributed by atoms with Crippen LogP contribution in [0.5, 0.6) is 0 Å². The van der Waals surface area contributed by atoms with Crippen LogP contribution in [0.4, 0.5) is 11.5 Å². The number of carboxylic acids is 1. The van der Waals surface area contributed by atoms with Gasteiger partial charge in [-0.1, -0.05) is 0 Å². The minimum Gasteiger partial charge on any atom is -0.478 e. The van der Waals surface area contributed by atoms with Crippen molar-refractivity contribution in [2.45, 2.75) is 19.9 Å². The predicted molar refractivity (Wildman–Crippen MR) is 69.5 cm³/mol. The van der Waals surface area contributed by atoms with Crippen molar-refractivity contribution in [1.29, 1.82) is 0 Å². The smallest absolute Gasteiger partial charge is 0.337 e. The number of carbonyl (C=O) groups excluding carboxylic acids is 1. The van der Waals surface area contributed by atoms with Crippen LogP contribution in [0.3, 0.4) is 0 Å². The van der Waals surface area contributed by atoms with E-state index in [1.807, 2.05) is 0 Å². The summed E-state index contributed by atoms with van der Waals surface area (Å²) in [7, 11) is 0. The van der Waals surface area contributed by atoms with Crippen LogP contribution in [0.1, 0.15) is 24.2 Å². The van der Waals surface area contributed by atoms with Crippen LogP contribution in [0, 0.1) is 10.1 Å². The normalized spacial score (nSPS) is 10.3. The molecule has 1 heterocycles. The number of carbonyl (C=O) groups is 2. The topological polar surface area (TPSA) is 140 Å². The first kappa shape index (κ1) is 15.3. The molecule has 9 heteroatoms. The summed E-state index contributed by atoms with van der Waals surface area (Å²) in [5, 5.41) is 19.9. The van der Waals surface area contributed by atoms with Crippen LogP contribution < -0.4 is 10.6 Å². The second-order valence-corrected chi connectivity index (χ2v) is 4.32. The molecule has 108 valence electrons. The van der Waals surface area contributed by atoms with Gasteiger partial charge in [-0.3, -0.25) is 14.9 Å². The van der Waals surface area contributed by atoms with E-state index in [1.54, 1.807) is 13.8 Å². The molecule has 0 atom stereocenters. The Balaban J connectivity index is 3.37. The molecule has 0 fully saturated rings. The number of hydrogen-bond donors (Lipinski definition) is 2. The SMILES string of the molecule is CC(C)N(CC(N)=O)c1ncc(C(=O)O)cc1[N+](=O)[O-]. The van der Waals surface area contributed by atoms with E-state index >= 15 is 0 Å². The Morgan fingerprint density at radius 1 is 1.55 bits per heavy atom. The summed E-state index contributed by atoms with van der Waals surface area (Å²) in [4.78, 5) is 37.3. The maximum atomic E-state index is 11.0. The highest BCUT2D eigenvalue weighted by molar-refractivity contribution is 5.89. The lowest BCUT2D eigenvalue weighted by Crippen LogP contribution is -2.39. The molecule has 1 aromatic heterocycles. The van der Waals surface area contributed by atoms with Gasteiger partial charge in [0.1, 0.15) is 0 Å². The van der Waals surface area contributed by atoms with Gasteiger partial charge >= 0.3 is 11.7 Å². The lowest BCUT2D eigenvalue weighted by Gasteiger charge is -2.25. The molecule has 0 aliphatic rings. The van der Waals surface area contributed by atoms with Crippen LogP contribution in [-0.2, 0) is 4.79 Å². The third kappa shape index (κ3) is 3.40. The lowest BCUT2D eigenvalue weighted by atomic mass is 10.2. The molecule has 0 spiro atoms. The summed E-state index contributed by atoms with van der Waals surface area (Å²) < 4.78 is 0. The molecule has 9 nitrogen and oxygen atoms in total. The summed E-state index contributed by atoms with van der Waals surface area (Å²) in [5.41, 5.74) is 4.31. The first-order valence-corrected chi connectivity index (χ1v) is 5.66. The van der Waals surface area contributed by atoms with Gasteiger partial charge in [0.25, 0.3) is 0 Å². The van der Waals surface area contributed by atoms with Crippen LogP contribution >= 0.6 is 0 Å². The molecule has 20 heavy (non-hydrogen) atoms. The first-order chi connectivity index (χ1) is 9.23. The van der Waals surface area contributed by atoms with Gasteiger partial charge in [0.15, 0.2) is 0 Å². The van der Waals surface area contributed by atoms with Crippen molar-refractivity contribution < 1.29 is 19.6 Å². The van der Waals surface area contributed by atoms with E-state index in [9.17, 15) is 19.7 Å². The van der Waals surface area contributed by atoms with Crippen molar-refractivity contribution in [2.24, 2.45) is 5.73 Å². The monoisotopic (exact) mass is 282 g/mol. The van der Waals surface area contributed by atoms with Crippen molar-refractivity contribution in [2.75, 3.05) is 11.4 Å². The third-order valence-corrected chi connectivity index (χ3v) is 2.51. The molecular weight excluding hydrogens is 268 g/mol. The van der Waals surface area contributed by atoms with Crippen molar-refractivity contribution >= 4 is 23.4 Å². The summed E-state index contributed by atoms with van der Waals surface area (Å²) in [6.07, 6.45) is 1.00.